The summed E-state index contributed by atoms with van der Waals surface area (Å²) in [4.78, 5) is 10.9. The molecule has 1 atom stereocenters. The van der Waals surface area contributed by atoms with Crippen molar-refractivity contribution in [3.8, 4) is 0 Å². The Morgan fingerprint density at radius 2 is 2.00 bits per heavy atom. The van der Waals surface area contributed by atoms with Crippen molar-refractivity contribution in [3.05, 3.63) is 35.4 Å². The van der Waals surface area contributed by atoms with E-state index in [-0.39, 0.29) is 11.0 Å². The molecule has 0 aromatic heterocycles. The monoisotopic (exact) mass is 236 g/mol. The van der Waals surface area contributed by atoms with Crippen molar-refractivity contribution < 1.29 is 19.4 Å². The van der Waals surface area contributed by atoms with Crippen LogP contribution in [0.4, 0.5) is 0 Å². The quantitative estimate of drug-likeness (QED) is 0.813. The lowest BCUT2D eigenvalue weighted by Crippen LogP contribution is -2.26. The van der Waals surface area contributed by atoms with Gasteiger partial charge in [0.2, 0.25) is 0 Å². The summed E-state index contributed by atoms with van der Waals surface area (Å²) >= 11 is 0. The third-order valence-corrected chi connectivity index (χ3v) is 3.71. The average Bonchev–Trinajstić information content (AvgIpc) is 2.97. The van der Waals surface area contributed by atoms with E-state index >= 15 is 0 Å². The van der Waals surface area contributed by atoms with Crippen molar-refractivity contribution in [3.63, 3.8) is 0 Å². The number of hydrogen-bond acceptors (Lipinski definition) is 3. The van der Waals surface area contributed by atoms with Gasteiger partial charge in [-0.3, -0.25) is 0 Å². The maximum absolute atomic E-state index is 10.9. The lowest BCUT2D eigenvalue weighted by molar-refractivity contribution is -0.143. The molecule has 17 heavy (non-hydrogen) atoms. The molecule has 1 aliphatic rings. The van der Waals surface area contributed by atoms with Gasteiger partial charge in [0.15, 0.2) is 5.79 Å². The molecule has 4 heteroatoms. The second-order valence-electron chi connectivity index (χ2n) is 4.56. The molecule has 0 amide bonds. The molecular weight excluding hydrogens is 220 g/mol. The molecule has 0 saturated heterocycles. The molecule has 0 aliphatic heterocycles. The van der Waals surface area contributed by atoms with Gasteiger partial charge in [-0.1, -0.05) is 19.1 Å². The molecule has 1 aromatic rings. The van der Waals surface area contributed by atoms with Gasteiger partial charge < -0.3 is 14.6 Å². The fourth-order valence-corrected chi connectivity index (χ4v) is 2.42. The molecule has 1 fully saturated rings. The van der Waals surface area contributed by atoms with E-state index in [0.29, 0.717) is 0 Å². The van der Waals surface area contributed by atoms with Crippen LogP contribution in [0.25, 0.3) is 0 Å². The number of aromatic carboxylic acids is 1. The summed E-state index contributed by atoms with van der Waals surface area (Å²) in [5.74, 6) is -1.54. The van der Waals surface area contributed by atoms with Gasteiger partial charge in [0.05, 0.1) is 11.0 Å². The predicted molar refractivity (Wildman–Crippen MR) is 62.1 cm³/mol. The number of carbonyl (C=O) groups is 1. The summed E-state index contributed by atoms with van der Waals surface area (Å²) < 4.78 is 10.8. The molecule has 0 heterocycles. The van der Waals surface area contributed by atoms with Crippen molar-refractivity contribution in [2.45, 2.75) is 24.5 Å². The molecule has 0 radical (unpaired) electrons. The summed E-state index contributed by atoms with van der Waals surface area (Å²) in [6.07, 6.45) is 0.732. The van der Waals surface area contributed by atoms with Crippen molar-refractivity contribution in [2.24, 2.45) is 0 Å². The fourth-order valence-electron chi connectivity index (χ4n) is 2.42. The molecule has 1 N–H and O–H groups in total. The van der Waals surface area contributed by atoms with Crippen LogP contribution in [0.2, 0.25) is 0 Å². The minimum absolute atomic E-state index is 0.276. The largest absolute Gasteiger partial charge is 0.478 e. The zero-order valence-corrected chi connectivity index (χ0v) is 10.2. The van der Waals surface area contributed by atoms with E-state index in [1.54, 1.807) is 32.4 Å². The number of rotatable bonds is 4. The first-order chi connectivity index (χ1) is 7.99. The first-order valence-electron chi connectivity index (χ1n) is 5.43. The third kappa shape index (κ3) is 1.64. The number of benzene rings is 1. The van der Waals surface area contributed by atoms with Crippen LogP contribution in [0, 0.1) is 0 Å². The zero-order chi connectivity index (χ0) is 12.7. The zero-order valence-electron chi connectivity index (χ0n) is 10.2. The maximum atomic E-state index is 10.9. The van der Waals surface area contributed by atoms with Crippen molar-refractivity contribution in [1.82, 2.24) is 0 Å². The number of ether oxygens (including phenoxy) is 2. The predicted octanol–water partition coefficient (Wildman–Crippen LogP) is 2.04. The number of hydrogen-bond donors (Lipinski definition) is 1. The fraction of sp³-hybridized carbons (Fsp3) is 0.462. The van der Waals surface area contributed by atoms with Gasteiger partial charge in [-0.25, -0.2) is 4.79 Å². The van der Waals surface area contributed by atoms with Crippen molar-refractivity contribution >= 4 is 5.97 Å². The minimum atomic E-state index is -0.920. The Hall–Kier alpha value is -1.39. The van der Waals surface area contributed by atoms with E-state index in [2.05, 4.69) is 0 Å². The smallest absolute Gasteiger partial charge is 0.335 e. The third-order valence-electron chi connectivity index (χ3n) is 3.71. The van der Waals surface area contributed by atoms with Crippen LogP contribution in [-0.2, 0) is 14.9 Å². The highest BCUT2D eigenvalue weighted by molar-refractivity contribution is 5.87. The van der Waals surface area contributed by atoms with E-state index in [9.17, 15) is 4.79 Å². The summed E-state index contributed by atoms with van der Waals surface area (Å²) in [5, 5.41) is 8.98. The van der Waals surface area contributed by atoms with Gasteiger partial charge in [0, 0.05) is 20.6 Å². The van der Waals surface area contributed by atoms with Gasteiger partial charge in [0.25, 0.3) is 0 Å². The van der Waals surface area contributed by atoms with Gasteiger partial charge in [-0.05, 0) is 17.7 Å². The molecule has 1 saturated carbocycles. The molecule has 2 rings (SSSR count). The molecule has 1 aromatic carbocycles. The Morgan fingerprint density at radius 1 is 1.35 bits per heavy atom. The van der Waals surface area contributed by atoms with E-state index in [1.807, 2.05) is 13.0 Å². The SMILES string of the molecule is COC1(OC)CC1(C)c1cccc(C(=O)O)c1. The van der Waals surface area contributed by atoms with Crippen LogP contribution in [0.5, 0.6) is 0 Å². The highest BCUT2D eigenvalue weighted by Crippen LogP contribution is 2.59. The number of carboxylic acid groups (broad SMARTS) is 1. The minimum Gasteiger partial charge on any atom is -0.478 e. The Bertz CT molecular complexity index is 450. The summed E-state index contributed by atoms with van der Waals surface area (Å²) in [6, 6.07) is 6.92. The van der Waals surface area contributed by atoms with Crippen LogP contribution in [0.1, 0.15) is 29.3 Å². The Kier molecular flexibility index (Phi) is 2.72. The summed E-state index contributed by atoms with van der Waals surface area (Å²) in [5.41, 5.74) is 0.944. The van der Waals surface area contributed by atoms with Crippen molar-refractivity contribution in [2.75, 3.05) is 14.2 Å². The molecular formula is C13H16O4. The van der Waals surface area contributed by atoms with Crippen LogP contribution in [-0.4, -0.2) is 31.1 Å². The first-order valence-corrected chi connectivity index (χ1v) is 5.43. The molecule has 4 nitrogen and oxygen atoms in total. The molecule has 1 aliphatic carbocycles. The maximum Gasteiger partial charge on any atom is 0.335 e. The average molecular weight is 236 g/mol. The molecule has 1 unspecified atom stereocenters. The second kappa shape index (κ2) is 3.82. The lowest BCUT2D eigenvalue weighted by atomic mass is 9.95. The normalized spacial score (nSPS) is 25.6. The lowest BCUT2D eigenvalue weighted by Gasteiger charge is -2.20. The molecule has 0 bridgehead atoms. The van der Waals surface area contributed by atoms with E-state index in [0.717, 1.165) is 12.0 Å². The van der Waals surface area contributed by atoms with Crippen molar-refractivity contribution in [1.29, 1.82) is 0 Å². The summed E-state index contributed by atoms with van der Waals surface area (Å²) in [6.45, 7) is 2.01. The van der Waals surface area contributed by atoms with Crippen LogP contribution >= 0.6 is 0 Å². The molecule has 0 spiro atoms. The second-order valence-corrected chi connectivity index (χ2v) is 4.56. The van der Waals surface area contributed by atoms with Gasteiger partial charge in [0.1, 0.15) is 0 Å². The van der Waals surface area contributed by atoms with Gasteiger partial charge in [-0.2, -0.15) is 0 Å². The van der Waals surface area contributed by atoms with Gasteiger partial charge >= 0.3 is 5.97 Å². The van der Waals surface area contributed by atoms with E-state index in [4.69, 9.17) is 14.6 Å². The van der Waals surface area contributed by atoms with E-state index < -0.39 is 11.8 Å². The Labute approximate surface area is 100 Å². The highest BCUT2D eigenvalue weighted by atomic mass is 16.7. The number of carboxylic acids is 1. The standard InChI is InChI=1S/C13H16O4/c1-12(8-13(12,16-2)17-3)10-6-4-5-9(7-10)11(14)15/h4-7H,8H2,1-3H3,(H,14,15). The Balaban J connectivity index is 2.36. The molecule has 92 valence electrons. The van der Waals surface area contributed by atoms with Crippen LogP contribution in [0.3, 0.4) is 0 Å². The van der Waals surface area contributed by atoms with Crippen LogP contribution < -0.4 is 0 Å². The van der Waals surface area contributed by atoms with Crippen LogP contribution in [0.15, 0.2) is 24.3 Å². The topological polar surface area (TPSA) is 55.8 Å². The summed E-state index contributed by atoms with van der Waals surface area (Å²) in [7, 11) is 3.21. The first kappa shape index (κ1) is 12.1. The van der Waals surface area contributed by atoms with E-state index in [1.165, 1.54) is 0 Å². The highest BCUT2D eigenvalue weighted by Gasteiger charge is 2.67. The number of methoxy groups -OCH3 is 2. The van der Waals surface area contributed by atoms with Gasteiger partial charge in [-0.15, -0.1) is 0 Å². The Morgan fingerprint density at radius 3 is 2.47 bits per heavy atom.